The molecule has 1 N–H and O–H groups in total. The molecule has 88 valence electrons. The first-order valence-electron chi connectivity index (χ1n) is 6.59. The van der Waals surface area contributed by atoms with Gasteiger partial charge in [0.05, 0.1) is 6.10 Å². The molecular weight excluding hydrogens is 196 g/mol. The molecule has 0 spiro atoms. The first kappa shape index (κ1) is 11.7. The number of unbranched alkanes of at least 4 members (excludes halogenated alkanes) is 2. The van der Waals surface area contributed by atoms with Gasteiger partial charge in [-0.1, -0.05) is 50.5 Å². The van der Waals surface area contributed by atoms with Crippen molar-refractivity contribution in [2.75, 3.05) is 0 Å². The molecule has 0 radical (unpaired) electrons. The normalized spacial score (nSPS) is 17.4. The topological polar surface area (TPSA) is 20.2 Å². The van der Waals surface area contributed by atoms with E-state index in [1.807, 2.05) is 0 Å². The lowest BCUT2D eigenvalue weighted by Gasteiger charge is -2.11. The molecule has 1 unspecified atom stereocenters. The second-order valence-corrected chi connectivity index (χ2v) is 4.96. The van der Waals surface area contributed by atoms with E-state index >= 15 is 0 Å². The number of hydrogen-bond acceptors (Lipinski definition) is 1. The van der Waals surface area contributed by atoms with Gasteiger partial charge in [-0.15, -0.1) is 0 Å². The highest BCUT2D eigenvalue weighted by Gasteiger charge is 2.23. The van der Waals surface area contributed by atoms with Gasteiger partial charge in [0.25, 0.3) is 0 Å². The van der Waals surface area contributed by atoms with E-state index in [2.05, 4.69) is 31.2 Å². The lowest BCUT2D eigenvalue weighted by Crippen LogP contribution is -1.98. The largest absolute Gasteiger partial charge is 0.388 e. The summed E-state index contributed by atoms with van der Waals surface area (Å²) >= 11 is 0. The highest BCUT2D eigenvalue weighted by atomic mass is 16.3. The first-order valence-corrected chi connectivity index (χ1v) is 6.59. The summed E-state index contributed by atoms with van der Waals surface area (Å²) in [5.74, 6) is 0.780. The van der Waals surface area contributed by atoms with Gasteiger partial charge in [-0.05, 0) is 36.3 Å². The summed E-state index contributed by atoms with van der Waals surface area (Å²) in [6.45, 7) is 2.19. The van der Waals surface area contributed by atoms with E-state index in [1.165, 1.54) is 31.2 Å². The first-order chi connectivity index (χ1) is 7.81. The molecule has 0 aromatic heterocycles. The summed E-state index contributed by atoms with van der Waals surface area (Å²) in [6.07, 6.45) is 6.87. The van der Waals surface area contributed by atoms with Crippen LogP contribution in [0.4, 0.5) is 0 Å². The van der Waals surface area contributed by atoms with Gasteiger partial charge in [0, 0.05) is 0 Å². The molecule has 1 atom stereocenters. The van der Waals surface area contributed by atoms with Crippen molar-refractivity contribution in [3.05, 3.63) is 35.4 Å². The van der Waals surface area contributed by atoms with Crippen LogP contribution in [0, 0.1) is 0 Å². The summed E-state index contributed by atoms with van der Waals surface area (Å²) in [4.78, 5) is 0. The minimum Gasteiger partial charge on any atom is -0.388 e. The van der Waals surface area contributed by atoms with Gasteiger partial charge in [0.1, 0.15) is 0 Å². The molecule has 0 saturated heterocycles. The van der Waals surface area contributed by atoms with Gasteiger partial charge in [0.15, 0.2) is 0 Å². The number of hydrogen-bond donors (Lipinski definition) is 1. The van der Waals surface area contributed by atoms with Crippen molar-refractivity contribution in [2.45, 2.75) is 57.5 Å². The van der Waals surface area contributed by atoms with Crippen molar-refractivity contribution in [1.82, 2.24) is 0 Å². The van der Waals surface area contributed by atoms with E-state index in [-0.39, 0.29) is 6.10 Å². The minimum atomic E-state index is -0.259. The molecule has 16 heavy (non-hydrogen) atoms. The average molecular weight is 218 g/mol. The van der Waals surface area contributed by atoms with Gasteiger partial charge in [-0.2, -0.15) is 0 Å². The maximum atomic E-state index is 10.1. The molecule has 0 bridgehead atoms. The van der Waals surface area contributed by atoms with E-state index in [4.69, 9.17) is 0 Å². The summed E-state index contributed by atoms with van der Waals surface area (Å²) in [7, 11) is 0. The summed E-state index contributed by atoms with van der Waals surface area (Å²) in [5.41, 5.74) is 2.53. The summed E-state index contributed by atoms with van der Waals surface area (Å²) in [5, 5.41) is 10.1. The Bertz CT molecular complexity index is 328. The lowest BCUT2D eigenvalue weighted by molar-refractivity contribution is 0.163. The third-order valence-electron chi connectivity index (χ3n) is 3.43. The van der Waals surface area contributed by atoms with E-state index in [0.717, 1.165) is 24.3 Å². The molecule has 1 aromatic carbocycles. The van der Waals surface area contributed by atoms with Crippen LogP contribution >= 0.6 is 0 Å². The maximum Gasteiger partial charge on any atom is 0.0790 e. The second-order valence-electron chi connectivity index (χ2n) is 4.96. The standard InChI is InChI=1S/C15H22O/c1-2-3-4-8-15(16)14-7-5-6-13(11-14)12-9-10-12/h5-7,11-12,15-16H,2-4,8-10H2,1H3. The second kappa shape index (κ2) is 5.49. The van der Waals surface area contributed by atoms with E-state index in [0.29, 0.717) is 0 Å². The molecule has 0 aliphatic heterocycles. The van der Waals surface area contributed by atoms with Crippen LogP contribution < -0.4 is 0 Å². The molecular formula is C15H22O. The number of benzene rings is 1. The lowest BCUT2D eigenvalue weighted by atomic mass is 10.00. The van der Waals surface area contributed by atoms with E-state index < -0.39 is 0 Å². The van der Waals surface area contributed by atoms with Crippen molar-refractivity contribution < 1.29 is 5.11 Å². The predicted octanol–water partition coefficient (Wildman–Crippen LogP) is 4.18. The van der Waals surface area contributed by atoms with E-state index in [1.54, 1.807) is 0 Å². The average Bonchev–Trinajstić information content (AvgIpc) is 3.13. The monoisotopic (exact) mass is 218 g/mol. The molecule has 1 aromatic rings. The van der Waals surface area contributed by atoms with Crippen LogP contribution in [-0.4, -0.2) is 5.11 Å². The van der Waals surface area contributed by atoms with Crippen LogP contribution in [0.25, 0.3) is 0 Å². The Hall–Kier alpha value is -0.820. The van der Waals surface area contributed by atoms with Crippen molar-refractivity contribution in [3.63, 3.8) is 0 Å². The molecule has 0 heterocycles. The Balaban J connectivity index is 1.93. The van der Waals surface area contributed by atoms with Crippen LogP contribution in [0.2, 0.25) is 0 Å². The molecule has 0 amide bonds. The fourth-order valence-corrected chi connectivity index (χ4v) is 2.19. The van der Waals surface area contributed by atoms with Crippen molar-refractivity contribution in [1.29, 1.82) is 0 Å². The minimum absolute atomic E-state index is 0.259. The predicted molar refractivity (Wildman–Crippen MR) is 67.5 cm³/mol. The van der Waals surface area contributed by atoms with Crippen LogP contribution in [-0.2, 0) is 0 Å². The molecule has 1 saturated carbocycles. The molecule has 1 nitrogen and oxygen atoms in total. The summed E-state index contributed by atoms with van der Waals surface area (Å²) < 4.78 is 0. The van der Waals surface area contributed by atoms with Crippen LogP contribution in [0.1, 0.15) is 68.6 Å². The Kier molecular flexibility index (Phi) is 4.00. The third-order valence-corrected chi connectivity index (χ3v) is 3.43. The van der Waals surface area contributed by atoms with Gasteiger partial charge in [-0.3, -0.25) is 0 Å². The van der Waals surface area contributed by atoms with Gasteiger partial charge in [0.2, 0.25) is 0 Å². The molecule has 2 rings (SSSR count). The molecule has 1 heteroatoms. The quantitative estimate of drug-likeness (QED) is 0.710. The summed E-state index contributed by atoms with van der Waals surface area (Å²) in [6, 6.07) is 8.54. The Morgan fingerprint density at radius 1 is 1.31 bits per heavy atom. The molecule has 1 fully saturated rings. The number of rotatable bonds is 6. The number of aliphatic hydroxyl groups excluding tert-OH is 1. The zero-order valence-electron chi connectivity index (χ0n) is 10.2. The van der Waals surface area contributed by atoms with Crippen molar-refractivity contribution >= 4 is 0 Å². The smallest absolute Gasteiger partial charge is 0.0790 e. The highest BCUT2D eigenvalue weighted by Crippen LogP contribution is 2.40. The van der Waals surface area contributed by atoms with Gasteiger partial charge in [-0.25, -0.2) is 0 Å². The van der Waals surface area contributed by atoms with Crippen LogP contribution in [0.15, 0.2) is 24.3 Å². The van der Waals surface area contributed by atoms with Gasteiger partial charge >= 0.3 is 0 Å². The zero-order chi connectivity index (χ0) is 11.4. The Labute approximate surface area is 98.5 Å². The highest BCUT2D eigenvalue weighted by molar-refractivity contribution is 5.30. The Morgan fingerprint density at radius 3 is 2.81 bits per heavy atom. The zero-order valence-corrected chi connectivity index (χ0v) is 10.2. The van der Waals surface area contributed by atoms with Crippen molar-refractivity contribution in [3.8, 4) is 0 Å². The van der Waals surface area contributed by atoms with E-state index in [9.17, 15) is 5.11 Å². The van der Waals surface area contributed by atoms with Gasteiger partial charge < -0.3 is 5.11 Å². The maximum absolute atomic E-state index is 10.1. The number of aliphatic hydroxyl groups is 1. The third kappa shape index (κ3) is 3.08. The fraction of sp³-hybridized carbons (Fsp3) is 0.600. The molecule has 1 aliphatic rings. The Morgan fingerprint density at radius 2 is 2.12 bits per heavy atom. The van der Waals surface area contributed by atoms with Crippen LogP contribution in [0.5, 0.6) is 0 Å². The van der Waals surface area contributed by atoms with Crippen LogP contribution in [0.3, 0.4) is 0 Å². The fourth-order valence-electron chi connectivity index (χ4n) is 2.19. The molecule has 1 aliphatic carbocycles. The van der Waals surface area contributed by atoms with Crippen molar-refractivity contribution in [2.24, 2.45) is 0 Å². The SMILES string of the molecule is CCCCCC(O)c1cccc(C2CC2)c1.